The summed E-state index contributed by atoms with van der Waals surface area (Å²) in [5.74, 6) is -2.18. The van der Waals surface area contributed by atoms with Crippen LogP contribution in [0.15, 0.2) is 18.2 Å². The van der Waals surface area contributed by atoms with Crippen LogP contribution in [0.1, 0.15) is 37.6 Å². The fourth-order valence-electron chi connectivity index (χ4n) is 2.01. The standard InChI is InChI=1S/C16H20Cl2N2O4/c1-8(2)7-12(16(23)24)20-14(21)9(3)19-15(22)10-5-4-6-11(17)13(10)18/h4-6,8-9,12H,7H2,1-3H3,(H,19,22)(H,20,21)(H,23,24)/t9?,12-/m1/s1. The Labute approximate surface area is 150 Å². The van der Waals surface area contributed by atoms with Gasteiger partial charge in [-0.3, -0.25) is 9.59 Å². The molecular formula is C16H20Cl2N2O4. The van der Waals surface area contributed by atoms with Crippen molar-refractivity contribution in [3.8, 4) is 0 Å². The van der Waals surface area contributed by atoms with Crippen LogP contribution >= 0.6 is 23.2 Å². The summed E-state index contributed by atoms with van der Waals surface area (Å²) in [7, 11) is 0. The highest BCUT2D eigenvalue weighted by Crippen LogP contribution is 2.25. The minimum absolute atomic E-state index is 0.0903. The maximum Gasteiger partial charge on any atom is 0.326 e. The summed E-state index contributed by atoms with van der Waals surface area (Å²) in [6, 6.07) is 2.65. The minimum Gasteiger partial charge on any atom is -0.480 e. The molecule has 1 rings (SSSR count). The predicted molar refractivity (Wildman–Crippen MR) is 92.4 cm³/mol. The number of aliphatic carboxylic acids is 1. The van der Waals surface area contributed by atoms with Crippen LogP contribution in [-0.4, -0.2) is 35.0 Å². The van der Waals surface area contributed by atoms with Gasteiger partial charge in [0.05, 0.1) is 15.6 Å². The fourth-order valence-corrected chi connectivity index (χ4v) is 2.40. The van der Waals surface area contributed by atoms with Gasteiger partial charge in [0, 0.05) is 0 Å². The van der Waals surface area contributed by atoms with Gasteiger partial charge >= 0.3 is 5.97 Å². The van der Waals surface area contributed by atoms with E-state index in [1.807, 2.05) is 13.8 Å². The molecule has 0 saturated carbocycles. The lowest BCUT2D eigenvalue weighted by Gasteiger charge is -2.20. The number of rotatable bonds is 7. The molecule has 0 fully saturated rings. The highest BCUT2D eigenvalue weighted by atomic mass is 35.5. The Morgan fingerprint density at radius 3 is 2.29 bits per heavy atom. The van der Waals surface area contributed by atoms with Crippen molar-refractivity contribution in [1.82, 2.24) is 10.6 Å². The minimum atomic E-state index is -1.12. The number of benzene rings is 1. The summed E-state index contributed by atoms with van der Waals surface area (Å²) in [6.07, 6.45) is 0.294. The van der Waals surface area contributed by atoms with Crippen molar-refractivity contribution in [2.75, 3.05) is 0 Å². The number of hydrogen-bond donors (Lipinski definition) is 3. The first-order chi connectivity index (χ1) is 11.1. The predicted octanol–water partition coefficient (Wildman–Crippen LogP) is 2.73. The monoisotopic (exact) mass is 374 g/mol. The number of carboxylic acid groups (broad SMARTS) is 1. The first-order valence-corrected chi connectivity index (χ1v) is 8.17. The van der Waals surface area contributed by atoms with Crippen LogP contribution < -0.4 is 10.6 Å². The quantitative estimate of drug-likeness (QED) is 0.683. The lowest BCUT2D eigenvalue weighted by molar-refractivity contribution is -0.142. The van der Waals surface area contributed by atoms with Crippen LogP contribution in [0.4, 0.5) is 0 Å². The third-order valence-corrected chi connectivity index (χ3v) is 4.08. The molecule has 132 valence electrons. The molecular weight excluding hydrogens is 355 g/mol. The highest BCUT2D eigenvalue weighted by Gasteiger charge is 2.25. The van der Waals surface area contributed by atoms with Crippen molar-refractivity contribution in [2.24, 2.45) is 5.92 Å². The fraction of sp³-hybridized carbons (Fsp3) is 0.438. The van der Waals surface area contributed by atoms with E-state index in [0.717, 1.165) is 0 Å². The SMILES string of the molecule is CC(C)C[C@@H](NC(=O)C(C)NC(=O)c1cccc(Cl)c1Cl)C(=O)O. The topological polar surface area (TPSA) is 95.5 Å². The Morgan fingerprint density at radius 2 is 1.75 bits per heavy atom. The third-order valence-electron chi connectivity index (χ3n) is 3.26. The molecule has 1 aromatic rings. The van der Waals surface area contributed by atoms with E-state index < -0.39 is 29.9 Å². The van der Waals surface area contributed by atoms with E-state index in [1.54, 1.807) is 12.1 Å². The van der Waals surface area contributed by atoms with Gasteiger partial charge < -0.3 is 15.7 Å². The van der Waals surface area contributed by atoms with Crippen LogP contribution in [0.25, 0.3) is 0 Å². The summed E-state index contributed by atoms with van der Waals surface area (Å²) < 4.78 is 0. The van der Waals surface area contributed by atoms with E-state index in [-0.39, 0.29) is 21.5 Å². The molecule has 0 saturated heterocycles. The number of carbonyl (C=O) groups is 3. The van der Waals surface area contributed by atoms with Crippen molar-refractivity contribution < 1.29 is 19.5 Å². The smallest absolute Gasteiger partial charge is 0.326 e. The molecule has 0 heterocycles. The average molecular weight is 375 g/mol. The van der Waals surface area contributed by atoms with E-state index >= 15 is 0 Å². The molecule has 1 aromatic carbocycles. The van der Waals surface area contributed by atoms with Crippen molar-refractivity contribution in [1.29, 1.82) is 0 Å². The highest BCUT2D eigenvalue weighted by molar-refractivity contribution is 6.43. The molecule has 2 atom stereocenters. The summed E-state index contributed by atoms with van der Waals surface area (Å²) in [5, 5.41) is 14.4. The Kier molecular flexibility index (Phi) is 7.51. The Hall–Kier alpha value is -1.79. The van der Waals surface area contributed by atoms with Crippen molar-refractivity contribution in [3.05, 3.63) is 33.8 Å². The van der Waals surface area contributed by atoms with Gasteiger partial charge in [-0.2, -0.15) is 0 Å². The Morgan fingerprint density at radius 1 is 1.12 bits per heavy atom. The molecule has 0 bridgehead atoms. The summed E-state index contributed by atoms with van der Waals surface area (Å²) >= 11 is 11.8. The van der Waals surface area contributed by atoms with Gasteiger partial charge in [-0.25, -0.2) is 4.79 Å². The lowest BCUT2D eigenvalue weighted by Crippen LogP contribution is -2.50. The number of hydrogen-bond acceptors (Lipinski definition) is 3. The zero-order valence-electron chi connectivity index (χ0n) is 13.6. The number of amides is 2. The van der Waals surface area contributed by atoms with Crippen molar-refractivity contribution in [2.45, 2.75) is 39.3 Å². The van der Waals surface area contributed by atoms with Gasteiger partial charge in [0.15, 0.2) is 0 Å². The second kappa shape index (κ2) is 8.89. The maximum atomic E-state index is 12.2. The van der Waals surface area contributed by atoms with Gasteiger partial charge in [-0.05, 0) is 31.4 Å². The Balaban J connectivity index is 2.74. The van der Waals surface area contributed by atoms with E-state index in [9.17, 15) is 14.4 Å². The molecule has 0 aromatic heterocycles. The Bertz CT molecular complexity index is 635. The summed E-state index contributed by atoms with van der Waals surface area (Å²) in [5.41, 5.74) is 0.140. The second-order valence-electron chi connectivity index (χ2n) is 5.83. The molecule has 0 aliphatic carbocycles. The molecule has 8 heteroatoms. The number of halogens is 2. The first-order valence-electron chi connectivity index (χ1n) is 7.41. The first kappa shape index (κ1) is 20.3. The van der Waals surface area contributed by atoms with E-state index in [1.165, 1.54) is 13.0 Å². The second-order valence-corrected chi connectivity index (χ2v) is 6.61. The maximum absolute atomic E-state index is 12.2. The van der Waals surface area contributed by atoms with Gasteiger partial charge in [0.1, 0.15) is 12.1 Å². The van der Waals surface area contributed by atoms with Crippen molar-refractivity contribution >= 4 is 41.0 Å². The number of nitrogens with one attached hydrogen (secondary N) is 2. The van der Waals surface area contributed by atoms with E-state index in [4.69, 9.17) is 28.3 Å². The van der Waals surface area contributed by atoms with Crippen LogP contribution in [0.3, 0.4) is 0 Å². The summed E-state index contributed by atoms with van der Waals surface area (Å²) in [6.45, 7) is 5.17. The van der Waals surface area contributed by atoms with Gasteiger partial charge in [0.2, 0.25) is 5.91 Å². The molecule has 6 nitrogen and oxygen atoms in total. The zero-order valence-corrected chi connectivity index (χ0v) is 15.1. The van der Waals surface area contributed by atoms with Crippen LogP contribution in [0.5, 0.6) is 0 Å². The molecule has 1 unspecified atom stereocenters. The molecule has 0 aliphatic rings. The lowest BCUT2D eigenvalue weighted by atomic mass is 10.0. The normalized spacial score (nSPS) is 13.2. The van der Waals surface area contributed by atoms with Gasteiger partial charge in [-0.15, -0.1) is 0 Å². The molecule has 24 heavy (non-hydrogen) atoms. The average Bonchev–Trinajstić information content (AvgIpc) is 2.48. The molecule has 0 radical (unpaired) electrons. The number of carbonyl (C=O) groups excluding carboxylic acids is 2. The van der Waals surface area contributed by atoms with Crippen LogP contribution in [-0.2, 0) is 9.59 Å². The van der Waals surface area contributed by atoms with E-state index in [0.29, 0.717) is 6.42 Å². The van der Waals surface area contributed by atoms with Crippen molar-refractivity contribution in [3.63, 3.8) is 0 Å². The van der Waals surface area contributed by atoms with Gasteiger partial charge in [0.25, 0.3) is 5.91 Å². The van der Waals surface area contributed by atoms with Gasteiger partial charge in [-0.1, -0.05) is 43.1 Å². The number of carboxylic acids is 1. The molecule has 2 amide bonds. The summed E-state index contributed by atoms with van der Waals surface area (Å²) in [4.78, 5) is 35.5. The zero-order chi connectivity index (χ0) is 18.4. The molecule has 3 N–H and O–H groups in total. The molecule has 0 aliphatic heterocycles. The largest absolute Gasteiger partial charge is 0.480 e. The van der Waals surface area contributed by atoms with Crippen LogP contribution in [0, 0.1) is 5.92 Å². The van der Waals surface area contributed by atoms with Crippen LogP contribution in [0.2, 0.25) is 10.0 Å². The third kappa shape index (κ3) is 5.69. The molecule has 0 spiro atoms. The van der Waals surface area contributed by atoms with E-state index in [2.05, 4.69) is 10.6 Å².